The Bertz CT molecular complexity index is 674. The van der Waals surface area contributed by atoms with E-state index in [0.717, 1.165) is 15.8 Å². The largest absolute Gasteiger partial charge is 0.444 e. The molecule has 8 nitrogen and oxygen atoms in total. The summed E-state index contributed by atoms with van der Waals surface area (Å²) in [5, 5.41) is 6.26. The molecule has 0 radical (unpaired) electrons. The Kier molecular flexibility index (Phi) is 5.42. The van der Waals surface area contributed by atoms with Crippen molar-refractivity contribution in [3.05, 3.63) is 11.1 Å². The minimum atomic E-state index is -3.64. The minimum Gasteiger partial charge on any atom is -0.444 e. The summed E-state index contributed by atoms with van der Waals surface area (Å²) in [6, 6.07) is -3.64. The number of alkyl halides is 4. The van der Waals surface area contributed by atoms with Crippen LogP contribution >= 0.6 is 0 Å². The third kappa shape index (κ3) is 4.41. The Labute approximate surface area is 146 Å². The van der Waals surface area contributed by atoms with Crippen molar-refractivity contribution in [1.29, 1.82) is 0 Å². The first kappa shape index (κ1) is 19.9. The first-order valence-electron chi connectivity index (χ1n) is 7.75. The number of nitrogens with zero attached hydrogens (tertiary/aromatic N) is 5. The van der Waals surface area contributed by atoms with Crippen molar-refractivity contribution in [2.24, 2.45) is 5.18 Å². The number of ether oxygens (including phenoxy) is 1. The Balaban J connectivity index is 2.23. The normalized spacial score (nSPS) is 17.5. The van der Waals surface area contributed by atoms with Crippen molar-refractivity contribution >= 4 is 17.6 Å². The smallest absolute Gasteiger partial charge is 0.415 e. The molecule has 1 aromatic rings. The Morgan fingerprint density at radius 1 is 1.38 bits per heavy atom. The number of piperazine rings is 1. The second kappa shape index (κ2) is 7.08. The van der Waals surface area contributed by atoms with Gasteiger partial charge >= 0.3 is 12.1 Å². The van der Waals surface area contributed by atoms with E-state index in [4.69, 9.17) is 4.74 Å². The van der Waals surface area contributed by atoms with Crippen LogP contribution in [0.25, 0.3) is 0 Å². The zero-order chi connectivity index (χ0) is 19.7. The highest BCUT2D eigenvalue weighted by Crippen LogP contribution is 2.35. The number of rotatable bonds is 4. The maximum absolute atomic E-state index is 14.5. The molecule has 1 fully saturated rings. The van der Waals surface area contributed by atoms with Gasteiger partial charge in [0.2, 0.25) is 0 Å². The Hall–Kier alpha value is -2.40. The van der Waals surface area contributed by atoms with Crippen LogP contribution < -0.4 is 4.90 Å². The predicted molar refractivity (Wildman–Crippen MR) is 83.8 cm³/mol. The van der Waals surface area contributed by atoms with Crippen molar-refractivity contribution in [2.75, 3.05) is 24.5 Å². The van der Waals surface area contributed by atoms with Crippen LogP contribution in [-0.4, -0.2) is 58.5 Å². The summed E-state index contributed by atoms with van der Waals surface area (Å²) >= 11 is 0. The molecule has 0 N–H and O–H groups in total. The number of halogens is 4. The topological polar surface area (TPSA) is 80.0 Å². The molecule has 0 saturated carbocycles. The van der Waals surface area contributed by atoms with E-state index in [2.05, 4.69) is 10.3 Å². The first-order chi connectivity index (χ1) is 11.9. The van der Waals surface area contributed by atoms with Gasteiger partial charge < -0.3 is 9.64 Å². The summed E-state index contributed by atoms with van der Waals surface area (Å²) in [4.78, 5) is 24.1. The molecule has 1 aromatic heterocycles. The van der Waals surface area contributed by atoms with Gasteiger partial charge in [-0.2, -0.15) is 13.9 Å². The average Bonchev–Trinajstić information content (AvgIpc) is 2.85. The standard InChI is InChI=1S/C14H19F4N5O3/c1-13(2,3)26-12(24)22-5-4-21(8-14(22,17)18)11-9(20-25)6-19-23(11)7-10(15)16/h6,10H,4-5,7-8H2,1-3H3. The molecule has 12 heteroatoms. The zero-order valence-electron chi connectivity index (χ0n) is 14.5. The van der Waals surface area contributed by atoms with E-state index in [1.807, 2.05) is 0 Å². The molecule has 2 rings (SSSR count). The molecule has 146 valence electrons. The number of amides is 1. The van der Waals surface area contributed by atoms with Crippen molar-refractivity contribution < 1.29 is 27.1 Å². The monoisotopic (exact) mass is 381 g/mol. The maximum atomic E-state index is 14.5. The lowest BCUT2D eigenvalue weighted by molar-refractivity contribution is -0.141. The SMILES string of the molecule is CC(C)(C)OC(=O)N1CCN(c2c(N=O)cnn2CC(F)F)CC1(F)F. The van der Waals surface area contributed by atoms with Crippen LogP contribution in [0.5, 0.6) is 0 Å². The molecule has 1 aliphatic rings. The fraction of sp³-hybridized carbons (Fsp3) is 0.714. The molecule has 0 bridgehead atoms. The van der Waals surface area contributed by atoms with E-state index in [-0.39, 0.29) is 22.9 Å². The summed E-state index contributed by atoms with van der Waals surface area (Å²) < 4.78 is 59.9. The second-order valence-corrected chi connectivity index (χ2v) is 6.74. The Morgan fingerprint density at radius 3 is 2.54 bits per heavy atom. The van der Waals surface area contributed by atoms with Crippen LogP contribution in [0.1, 0.15) is 20.8 Å². The first-order valence-corrected chi connectivity index (χ1v) is 7.75. The maximum Gasteiger partial charge on any atom is 0.415 e. The summed E-state index contributed by atoms with van der Waals surface area (Å²) in [6.07, 6.45) is -3.04. The van der Waals surface area contributed by atoms with Gasteiger partial charge in [-0.3, -0.25) is 0 Å². The van der Waals surface area contributed by atoms with Crippen molar-refractivity contribution in [3.63, 3.8) is 0 Å². The lowest BCUT2D eigenvalue weighted by atomic mass is 10.2. The van der Waals surface area contributed by atoms with Gasteiger partial charge in [0.15, 0.2) is 11.5 Å². The summed E-state index contributed by atoms with van der Waals surface area (Å²) in [7, 11) is 0. The van der Waals surface area contributed by atoms with Crippen molar-refractivity contribution in [3.8, 4) is 0 Å². The number of anilines is 1. The quantitative estimate of drug-likeness (QED) is 0.455. The minimum absolute atomic E-state index is 0.133. The Morgan fingerprint density at radius 2 is 2.04 bits per heavy atom. The summed E-state index contributed by atoms with van der Waals surface area (Å²) in [6.45, 7) is 2.19. The van der Waals surface area contributed by atoms with Gasteiger partial charge in [0.1, 0.15) is 18.7 Å². The van der Waals surface area contributed by atoms with E-state index in [1.54, 1.807) is 20.8 Å². The highest BCUT2D eigenvalue weighted by Gasteiger charge is 2.48. The van der Waals surface area contributed by atoms with Gasteiger partial charge in [-0.1, -0.05) is 0 Å². The van der Waals surface area contributed by atoms with E-state index in [1.165, 1.54) is 0 Å². The number of nitroso groups, excluding NO2 is 1. The van der Waals surface area contributed by atoms with Gasteiger partial charge in [-0.25, -0.2) is 23.2 Å². The van der Waals surface area contributed by atoms with Crippen LogP contribution in [0.3, 0.4) is 0 Å². The van der Waals surface area contributed by atoms with Crippen molar-refractivity contribution in [1.82, 2.24) is 14.7 Å². The highest BCUT2D eigenvalue weighted by atomic mass is 19.3. The third-order valence-electron chi connectivity index (χ3n) is 3.49. The van der Waals surface area contributed by atoms with Crippen LogP contribution in [0.4, 0.5) is 33.9 Å². The molecule has 1 aliphatic heterocycles. The van der Waals surface area contributed by atoms with Gasteiger partial charge in [-0.05, 0) is 25.9 Å². The molecular formula is C14H19F4N5O3. The fourth-order valence-corrected chi connectivity index (χ4v) is 2.52. The van der Waals surface area contributed by atoms with Crippen LogP contribution in [0, 0.1) is 4.91 Å². The van der Waals surface area contributed by atoms with Crippen LogP contribution in [0.15, 0.2) is 11.4 Å². The van der Waals surface area contributed by atoms with Crippen molar-refractivity contribution in [2.45, 2.75) is 45.4 Å². The fourth-order valence-electron chi connectivity index (χ4n) is 2.52. The molecule has 1 amide bonds. The van der Waals surface area contributed by atoms with Crippen LogP contribution in [-0.2, 0) is 11.3 Å². The molecule has 0 aromatic carbocycles. The van der Waals surface area contributed by atoms with Gasteiger partial charge in [0.25, 0.3) is 6.43 Å². The number of hydrogen-bond acceptors (Lipinski definition) is 6. The van der Waals surface area contributed by atoms with Gasteiger partial charge in [0.05, 0.1) is 6.20 Å². The van der Waals surface area contributed by atoms with Gasteiger partial charge in [-0.15, -0.1) is 4.91 Å². The summed E-state index contributed by atoms with van der Waals surface area (Å²) in [5.74, 6) is -0.233. The molecule has 0 unspecified atom stereocenters. The lowest BCUT2D eigenvalue weighted by Crippen LogP contribution is -2.60. The lowest BCUT2D eigenvalue weighted by Gasteiger charge is -2.41. The molecule has 26 heavy (non-hydrogen) atoms. The molecule has 2 heterocycles. The van der Waals surface area contributed by atoms with E-state index >= 15 is 0 Å². The third-order valence-corrected chi connectivity index (χ3v) is 3.49. The molecule has 0 spiro atoms. The van der Waals surface area contributed by atoms with E-state index < -0.39 is 43.8 Å². The predicted octanol–water partition coefficient (Wildman–Crippen LogP) is 3.20. The molecular weight excluding hydrogens is 362 g/mol. The molecule has 0 atom stereocenters. The van der Waals surface area contributed by atoms with Gasteiger partial charge in [0, 0.05) is 13.1 Å². The average molecular weight is 381 g/mol. The molecule has 1 saturated heterocycles. The highest BCUT2D eigenvalue weighted by molar-refractivity contribution is 5.70. The zero-order valence-corrected chi connectivity index (χ0v) is 14.5. The van der Waals surface area contributed by atoms with Crippen LogP contribution in [0.2, 0.25) is 0 Å². The number of carbonyl (C=O) groups is 1. The van der Waals surface area contributed by atoms with E-state index in [0.29, 0.717) is 0 Å². The second-order valence-electron chi connectivity index (χ2n) is 6.74. The van der Waals surface area contributed by atoms with E-state index in [9.17, 15) is 27.3 Å². The molecule has 0 aliphatic carbocycles. The number of hydrogen-bond donors (Lipinski definition) is 0. The summed E-state index contributed by atoms with van der Waals surface area (Å²) in [5.41, 5.74) is -1.28. The number of carbonyl (C=O) groups excluding carboxylic acids is 1. The number of aromatic nitrogens is 2.